The highest BCUT2D eigenvalue weighted by molar-refractivity contribution is 7.13. The van der Waals surface area contributed by atoms with Crippen molar-refractivity contribution in [2.75, 3.05) is 13.2 Å². The van der Waals surface area contributed by atoms with Crippen molar-refractivity contribution in [3.05, 3.63) is 41.0 Å². The Balaban J connectivity index is 1.64. The Kier molecular flexibility index (Phi) is 3.92. The van der Waals surface area contributed by atoms with Gasteiger partial charge in [-0.15, -0.1) is 11.3 Å². The van der Waals surface area contributed by atoms with Crippen LogP contribution in [0.1, 0.15) is 17.7 Å². The number of ether oxygens (including phenoxy) is 1. The summed E-state index contributed by atoms with van der Waals surface area (Å²) in [6, 6.07) is 9.27. The lowest BCUT2D eigenvalue weighted by molar-refractivity contribution is 0.190. The van der Waals surface area contributed by atoms with Gasteiger partial charge in [0.2, 0.25) is 0 Å². The molecule has 1 saturated heterocycles. The molecule has 0 saturated carbocycles. The molecule has 1 atom stereocenters. The number of nitrogens with zero attached hydrogens (tertiary/aromatic N) is 1. The fourth-order valence-electron chi connectivity index (χ4n) is 2.31. The quantitative estimate of drug-likeness (QED) is 0.930. The molecular weight excluding hydrogens is 256 g/mol. The van der Waals surface area contributed by atoms with E-state index in [0.717, 1.165) is 31.9 Å². The van der Waals surface area contributed by atoms with Gasteiger partial charge in [-0.05, 0) is 24.5 Å². The average molecular weight is 274 g/mol. The van der Waals surface area contributed by atoms with Gasteiger partial charge in [0, 0.05) is 19.2 Å². The van der Waals surface area contributed by atoms with E-state index in [4.69, 9.17) is 4.74 Å². The van der Waals surface area contributed by atoms with E-state index < -0.39 is 0 Å². The van der Waals surface area contributed by atoms with E-state index in [1.54, 1.807) is 11.3 Å². The number of hydrogen-bond acceptors (Lipinski definition) is 4. The molecule has 1 fully saturated rings. The van der Waals surface area contributed by atoms with Crippen molar-refractivity contribution in [1.82, 2.24) is 10.3 Å². The molecule has 1 aromatic heterocycles. The van der Waals surface area contributed by atoms with Crippen molar-refractivity contribution >= 4 is 11.3 Å². The summed E-state index contributed by atoms with van der Waals surface area (Å²) in [6.07, 6.45) is 1.12. The summed E-state index contributed by atoms with van der Waals surface area (Å²) in [5.41, 5.74) is 5.59. The van der Waals surface area contributed by atoms with Crippen LogP contribution in [0.2, 0.25) is 0 Å². The maximum Gasteiger partial charge on any atom is 0.0801 e. The molecule has 19 heavy (non-hydrogen) atoms. The summed E-state index contributed by atoms with van der Waals surface area (Å²) < 4.78 is 5.36. The van der Waals surface area contributed by atoms with Crippen molar-refractivity contribution in [3.8, 4) is 10.4 Å². The van der Waals surface area contributed by atoms with Gasteiger partial charge in [0.25, 0.3) is 0 Å². The van der Waals surface area contributed by atoms with E-state index in [2.05, 4.69) is 41.5 Å². The smallest absolute Gasteiger partial charge is 0.0801 e. The molecule has 100 valence electrons. The fraction of sp³-hybridized carbons (Fsp3) is 0.400. The topological polar surface area (TPSA) is 34.2 Å². The van der Waals surface area contributed by atoms with Gasteiger partial charge in [0.15, 0.2) is 0 Å². The number of aromatic nitrogens is 1. The third-order valence-electron chi connectivity index (χ3n) is 3.49. The molecule has 3 nitrogen and oxygen atoms in total. The maximum absolute atomic E-state index is 5.36. The molecule has 1 aliphatic heterocycles. The molecule has 2 heterocycles. The zero-order chi connectivity index (χ0) is 13.1. The number of thiazole rings is 1. The van der Waals surface area contributed by atoms with Gasteiger partial charge in [-0.2, -0.15) is 0 Å². The summed E-state index contributed by atoms with van der Waals surface area (Å²) in [5.74, 6) is 0. The van der Waals surface area contributed by atoms with Crippen molar-refractivity contribution in [3.63, 3.8) is 0 Å². The van der Waals surface area contributed by atoms with E-state index in [0.29, 0.717) is 6.04 Å². The van der Waals surface area contributed by atoms with E-state index >= 15 is 0 Å². The number of aryl methyl sites for hydroxylation is 1. The fourth-order valence-corrected chi connectivity index (χ4v) is 3.12. The summed E-state index contributed by atoms with van der Waals surface area (Å²) in [6.45, 7) is 4.71. The second-order valence-corrected chi connectivity index (χ2v) is 5.76. The van der Waals surface area contributed by atoms with Crippen LogP contribution in [-0.2, 0) is 11.3 Å². The molecule has 0 bridgehead atoms. The van der Waals surface area contributed by atoms with E-state index in [1.165, 1.54) is 16.0 Å². The van der Waals surface area contributed by atoms with Gasteiger partial charge in [0.1, 0.15) is 0 Å². The maximum atomic E-state index is 5.36. The first kappa shape index (κ1) is 12.8. The molecule has 1 unspecified atom stereocenters. The molecule has 0 radical (unpaired) electrons. The summed E-state index contributed by atoms with van der Waals surface area (Å²) in [7, 11) is 0. The van der Waals surface area contributed by atoms with Crippen molar-refractivity contribution < 1.29 is 4.74 Å². The Morgan fingerprint density at radius 3 is 2.84 bits per heavy atom. The van der Waals surface area contributed by atoms with Crippen LogP contribution in [0.3, 0.4) is 0 Å². The number of hydrogen-bond donors (Lipinski definition) is 1. The van der Waals surface area contributed by atoms with Gasteiger partial charge in [-0.3, -0.25) is 0 Å². The Hall–Kier alpha value is -1.23. The molecule has 1 aliphatic rings. The van der Waals surface area contributed by atoms with Crippen molar-refractivity contribution in [1.29, 1.82) is 0 Å². The van der Waals surface area contributed by atoms with Gasteiger partial charge in [0.05, 0.1) is 22.7 Å². The minimum atomic E-state index is 0.517. The highest BCUT2D eigenvalue weighted by Crippen LogP contribution is 2.27. The molecule has 0 amide bonds. The van der Waals surface area contributed by atoms with Crippen LogP contribution in [0.25, 0.3) is 10.4 Å². The predicted octanol–water partition coefficient (Wildman–Crippen LogP) is 3.00. The van der Waals surface area contributed by atoms with Crippen molar-refractivity contribution in [2.24, 2.45) is 0 Å². The van der Waals surface area contributed by atoms with Crippen LogP contribution >= 0.6 is 11.3 Å². The van der Waals surface area contributed by atoms with Crippen LogP contribution in [0.5, 0.6) is 0 Å². The standard InChI is InChI=1S/C15H18N2OS/c1-11-15(19-10-17-11)13-4-2-12(3-5-13)8-16-14-6-7-18-9-14/h2-5,10,14,16H,6-9H2,1H3. The average Bonchev–Trinajstić information content (AvgIpc) is 3.08. The highest BCUT2D eigenvalue weighted by Gasteiger charge is 2.14. The minimum Gasteiger partial charge on any atom is -0.380 e. The molecular formula is C15H18N2OS. The highest BCUT2D eigenvalue weighted by atomic mass is 32.1. The van der Waals surface area contributed by atoms with Crippen LogP contribution in [0, 0.1) is 6.92 Å². The summed E-state index contributed by atoms with van der Waals surface area (Å²) in [4.78, 5) is 5.56. The molecule has 1 N–H and O–H groups in total. The third kappa shape index (κ3) is 3.03. The minimum absolute atomic E-state index is 0.517. The van der Waals surface area contributed by atoms with Crippen LogP contribution in [-0.4, -0.2) is 24.2 Å². The van der Waals surface area contributed by atoms with E-state index in [1.807, 2.05) is 5.51 Å². The summed E-state index contributed by atoms with van der Waals surface area (Å²) in [5, 5.41) is 3.53. The first-order valence-electron chi connectivity index (χ1n) is 6.63. The third-order valence-corrected chi connectivity index (χ3v) is 4.46. The molecule has 3 rings (SSSR count). The second kappa shape index (κ2) is 5.82. The Labute approximate surface area is 117 Å². The van der Waals surface area contributed by atoms with Gasteiger partial charge in [-0.1, -0.05) is 24.3 Å². The van der Waals surface area contributed by atoms with Gasteiger partial charge in [-0.25, -0.2) is 4.98 Å². The van der Waals surface area contributed by atoms with Crippen LogP contribution < -0.4 is 5.32 Å². The lowest BCUT2D eigenvalue weighted by atomic mass is 10.1. The monoisotopic (exact) mass is 274 g/mol. The molecule has 1 aromatic carbocycles. The van der Waals surface area contributed by atoms with Crippen LogP contribution in [0.4, 0.5) is 0 Å². The Morgan fingerprint density at radius 2 is 2.21 bits per heavy atom. The lowest BCUT2D eigenvalue weighted by Crippen LogP contribution is -2.28. The predicted molar refractivity (Wildman–Crippen MR) is 78.4 cm³/mol. The van der Waals surface area contributed by atoms with Crippen molar-refractivity contribution in [2.45, 2.75) is 25.9 Å². The Morgan fingerprint density at radius 1 is 1.37 bits per heavy atom. The largest absolute Gasteiger partial charge is 0.380 e. The molecule has 2 aromatic rings. The van der Waals surface area contributed by atoms with Gasteiger partial charge >= 0.3 is 0 Å². The lowest BCUT2D eigenvalue weighted by Gasteiger charge is -2.10. The molecule has 0 spiro atoms. The first-order chi connectivity index (χ1) is 9.33. The molecule has 4 heteroatoms. The zero-order valence-corrected chi connectivity index (χ0v) is 11.9. The summed E-state index contributed by atoms with van der Waals surface area (Å²) >= 11 is 1.70. The number of rotatable bonds is 4. The Bertz CT molecular complexity index is 529. The number of nitrogens with one attached hydrogen (secondary N) is 1. The SMILES string of the molecule is Cc1ncsc1-c1ccc(CNC2CCOC2)cc1. The zero-order valence-electron chi connectivity index (χ0n) is 11.1. The first-order valence-corrected chi connectivity index (χ1v) is 7.51. The second-order valence-electron chi connectivity index (χ2n) is 4.91. The normalized spacial score (nSPS) is 18.9. The van der Waals surface area contributed by atoms with Crippen LogP contribution in [0.15, 0.2) is 29.8 Å². The molecule has 0 aliphatic carbocycles. The van der Waals surface area contributed by atoms with E-state index in [-0.39, 0.29) is 0 Å². The van der Waals surface area contributed by atoms with Gasteiger partial charge < -0.3 is 10.1 Å². The van der Waals surface area contributed by atoms with E-state index in [9.17, 15) is 0 Å². The number of benzene rings is 1.